The second kappa shape index (κ2) is 8.56. The van der Waals surface area contributed by atoms with Crippen LogP contribution < -0.4 is 5.56 Å². The minimum Gasteiger partial charge on any atom is -0.287 e. The van der Waals surface area contributed by atoms with Crippen molar-refractivity contribution in [2.45, 2.75) is 17.8 Å². The highest BCUT2D eigenvalue weighted by Crippen LogP contribution is 2.31. The SMILES string of the molecule is Cc1ccc(-c2cnc(SCc3nnc4n(C)c(=O)c5ccccc5n34)n2-c2ccccc2)cc1. The minimum absolute atomic E-state index is 0.0814. The van der Waals surface area contributed by atoms with Crippen LogP contribution in [-0.2, 0) is 12.8 Å². The van der Waals surface area contributed by atoms with Crippen molar-refractivity contribution in [3.8, 4) is 16.9 Å². The lowest BCUT2D eigenvalue weighted by Crippen LogP contribution is -2.20. The van der Waals surface area contributed by atoms with Gasteiger partial charge in [-0.3, -0.25) is 18.3 Å². The number of aromatic nitrogens is 6. The topological polar surface area (TPSA) is 70.0 Å². The maximum atomic E-state index is 12.8. The Morgan fingerprint density at radius 2 is 1.63 bits per heavy atom. The van der Waals surface area contributed by atoms with Gasteiger partial charge < -0.3 is 0 Å². The van der Waals surface area contributed by atoms with Crippen LogP contribution in [0.3, 0.4) is 0 Å². The third-order valence-electron chi connectivity index (χ3n) is 6.11. The van der Waals surface area contributed by atoms with E-state index in [1.54, 1.807) is 23.4 Å². The number of aryl methyl sites for hydroxylation is 2. The Bertz CT molecular complexity index is 1730. The van der Waals surface area contributed by atoms with Crippen molar-refractivity contribution < 1.29 is 0 Å². The molecule has 0 bridgehead atoms. The summed E-state index contributed by atoms with van der Waals surface area (Å²) in [5, 5.41) is 10.3. The number of para-hydroxylation sites is 2. The number of benzene rings is 3. The summed E-state index contributed by atoms with van der Waals surface area (Å²) in [7, 11) is 1.73. The van der Waals surface area contributed by atoms with Crippen molar-refractivity contribution in [2.75, 3.05) is 0 Å². The van der Waals surface area contributed by atoms with Crippen molar-refractivity contribution in [1.29, 1.82) is 0 Å². The Morgan fingerprint density at radius 3 is 2.43 bits per heavy atom. The number of thioether (sulfide) groups is 1. The molecule has 0 aliphatic carbocycles. The Morgan fingerprint density at radius 1 is 0.886 bits per heavy atom. The van der Waals surface area contributed by atoms with E-state index in [0.717, 1.165) is 33.4 Å². The van der Waals surface area contributed by atoms with Crippen LogP contribution >= 0.6 is 11.8 Å². The molecule has 0 fully saturated rings. The van der Waals surface area contributed by atoms with E-state index < -0.39 is 0 Å². The van der Waals surface area contributed by atoms with Crippen LogP contribution in [0.1, 0.15) is 11.4 Å². The average Bonchev–Trinajstić information content (AvgIpc) is 3.52. The van der Waals surface area contributed by atoms with Crippen LogP contribution in [0.4, 0.5) is 0 Å². The maximum absolute atomic E-state index is 12.8. The Kier molecular flexibility index (Phi) is 5.22. The van der Waals surface area contributed by atoms with Gasteiger partial charge in [0.25, 0.3) is 5.56 Å². The monoisotopic (exact) mass is 478 g/mol. The fourth-order valence-electron chi connectivity index (χ4n) is 4.31. The molecule has 6 rings (SSSR count). The lowest BCUT2D eigenvalue weighted by molar-refractivity contribution is 0.857. The van der Waals surface area contributed by atoms with E-state index in [1.165, 1.54) is 5.56 Å². The smallest absolute Gasteiger partial charge is 0.262 e. The summed E-state index contributed by atoms with van der Waals surface area (Å²) in [5.74, 6) is 1.83. The normalized spacial score (nSPS) is 11.5. The molecule has 0 spiro atoms. The Labute approximate surface area is 205 Å². The molecule has 0 aliphatic rings. The van der Waals surface area contributed by atoms with Gasteiger partial charge in [0, 0.05) is 18.3 Å². The lowest BCUT2D eigenvalue weighted by atomic mass is 10.1. The molecule has 0 radical (unpaired) electrons. The summed E-state index contributed by atoms with van der Waals surface area (Å²) in [5.41, 5.74) is 5.11. The number of rotatable bonds is 5. The summed E-state index contributed by atoms with van der Waals surface area (Å²) >= 11 is 1.59. The van der Waals surface area contributed by atoms with Gasteiger partial charge in [-0.2, -0.15) is 0 Å². The number of hydrogen-bond acceptors (Lipinski definition) is 5. The molecule has 0 amide bonds. The molecule has 3 aromatic carbocycles. The van der Waals surface area contributed by atoms with Crippen LogP contribution in [0, 0.1) is 6.92 Å². The maximum Gasteiger partial charge on any atom is 0.262 e. The van der Waals surface area contributed by atoms with Gasteiger partial charge in [-0.25, -0.2) is 4.98 Å². The van der Waals surface area contributed by atoms with E-state index in [0.29, 0.717) is 16.9 Å². The molecule has 0 atom stereocenters. The first kappa shape index (κ1) is 21.4. The molecule has 7 nitrogen and oxygen atoms in total. The predicted octanol–water partition coefficient (Wildman–Crippen LogP) is 5.03. The predicted molar refractivity (Wildman–Crippen MR) is 139 cm³/mol. The summed E-state index contributed by atoms with van der Waals surface area (Å²) in [6.07, 6.45) is 1.92. The highest BCUT2D eigenvalue weighted by atomic mass is 32.2. The van der Waals surface area contributed by atoms with Crippen molar-refractivity contribution in [1.82, 2.24) is 28.7 Å². The molecule has 6 aromatic rings. The highest BCUT2D eigenvalue weighted by Gasteiger charge is 2.18. The van der Waals surface area contributed by atoms with E-state index in [1.807, 2.05) is 53.1 Å². The Balaban J connectivity index is 1.44. The summed E-state index contributed by atoms with van der Waals surface area (Å²) in [6.45, 7) is 2.09. The van der Waals surface area contributed by atoms with Gasteiger partial charge in [-0.1, -0.05) is 71.9 Å². The average molecular weight is 479 g/mol. The first-order valence-electron chi connectivity index (χ1n) is 11.3. The van der Waals surface area contributed by atoms with E-state index in [2.05, 4.69) is 58.1 Å². The van der Waals surface area contributed by atoms with Gasteiger partial charge in [0.2, 0.25) is 5.78 Å². The van der Waals surface area contributed by atoms with E-state index in [4.69, 9.17) is 4.98 Å². The second-order valence-electron chi connectivity index (χ2n) is 8.38. The zero-order valence-electron chi connectivity index (χ0n) is 19.3. The third kappa shape index (κ3) is 3.63. The highest BCUT2D eigenvalue weighted by molar-refractivity contribution is 7.98. The fourth-order valence-corrected chi connectivity index (χ4v) is 5.21. The van der Waals surface area contributed by atoms with E-state index >= 15 is 0 Å². The van der Waals surface area contributed by atoms with Gasteiger partial charge in [0.1, 0.15) is 5.82 Å². The van der Waals surface area contributed by atoms with Gasteiger partial charge in [-0.15, -0.1) is 10.2 Å². The molecule has 8 heteroatoms. The molecular formula is C27H22N6OS. The van der Waals surface area contributed by atoms with E-state index in [9.17, 15) is 4.79 Å². The quantitative estimate of drug-likeness (QED) is 0.325. The van der Waals surface area contributed by atoms with Gasteiger partial charge >= 0.3 is 0 Å². The molecule has 3 heterocycles. The standard InChI is InChI=1S/C27H22N6OS/c1-18-12-14-19(15-13-18)23-16-28-27(32(23)20-8-4-3-5-9-20)35-17-24-29-30-26-31(2)25(34)21-10-6-7-11-22(21)33(24)26/h3-16H,17H2,1-2H3. The molecule has 0 N–H and O–H groups in total. The second-order valence-corrected chi connectivity index (χ2v) is 9.33. The van der Waals surface area contributed by atoms with Crippen LogP contribution in [0.25, 0.3) is 33.6 Å². The van der Waals surface area contributed by atoms with Gasteiger partial charge in [0.05, 0.1) is 28.5 Å². The molecule has 172 valence electrons. The van der Waals surface area contributed by atoms with Crippen LogP contribution in [0.5, 0.6) is 0 Å². The molecule has 0 saturated heterocycles. The molecular weight excluding hydrogens is 456 g/mol. The first-order valence-corrected chi connectivity index (χ1v) is 12.2. The number of imidazole rings is 1. The van der Waals surface area contributed by atoms with Crippen molar-refractivity contribution >= 4 is 28.4 Å². The van der Waals surface area contributed by atoms with Crippen LogP contribution in [0.2, 0.25) is 0 Å². The summed E-state index contributed by atoms with van der Waals surface area (Å²) in [6, 6.07) is 26.3. The zero-order chi connectivity index (χ0) is 23.9. The van der Waals surface area contributed by atoms with Gasteiger partial charge in [0.15, 0.2) is 5.16 Å². The van der Waals surface area contributed by atoms with Crippen molar-refractivity contribution in [3.63, 3.8) is 0 Å². The third-order valence-corrected chi connectivity index (χ3v) is 7.06. The minimum atomic E-state index is -0.0814. The number of hydrogen-bond donors (Lipinski definition) is 0. The molecule has 35 heavy (non-hydrogen) atoms. The zero-order valence-corrected chi connectivity index (χ0v) is 20.1. The van der Waals surface area contributed by atoms with E-state index in [-0.39, 0.29) is 5.56 Å². The molecule has 0 aliphatic heterocycles. The number of fused-ring (bicyclic) bond motifs is 3. The summed E-state index contributed by atoms with van der Waals surface area (Å²) < 4.78 is 5.68. The molecule has 0 saturated carbocycles. The van der Waals surface area contributed by atoms with Crippen LogP contribution in [0.15, 0.2) is 95.0 Å². The van der Waals surface area contributed by atoms with Crippen molar-refractivity contribution in [3.05, 3.63) is 107 Å². The number of nitrogens with zero attached hydrogens (tertiary/aromatic N) is 6. The first-order chi connectivity index (χ1) is 17.1. The van der Waals surface area contributed by atoms with Gasteiger partial charge in [-0.05, 0) is 31.2 Å². The van der Waals surface area contributed by atoms with Crippen LogP contribution in [-0.4, -0.2) is 28.7 Å². The molecule has 0 unspecified atom stereocenters. The molecule has 3 aromatic heterocycles. The largest absolute Gasteiger partial charge is 0.287 e. The Hall–Kier alpha value is -4.17. The lowest BCUT2D eigenvalue weighted by Gasteiger charge is -2.12. The van der Waals surface area contributed by atoms with Crippen molar-refractivity contribution in [2.24, 2.45) is 7.05 Å². The fraction of sp³-hybridized carbons (Fsp3) is 0.111. The summed E-state index contributed by atoms with van der Waals surface area (Å²) in [4.78, 5) is 17.5.